The van der Waals surface area contributed by atoms with Gasteiger partial charge < -0.3 is 5.32 Å². The Morgan fingerprint density at radius 2 is 1.56 bits per heavy atom. The van der Waals surface area contributed by atoms with E-state index in [-0.39, 0.29) is 4.87 Å². The summed E-state index contributed by atoms with van der Waals surface area (Å²) in [5, 5.41) is 3.43. The van der Waals surface area contributed by atoms with Crippen LogP contribution in [0.4, 0.5) is 0 Å². The van der Waals surface area contributed by atoms with Crippen LogP contribution in [0.15, 0.2) is 24.3 Å². The molecule has 0 atom stereocenters. The minimum Gasteiger partial charge on any atom is -0.303 e. The third kappa shape index (κ3) is 8.61. The average Bonchev–Trinajstić information content (AvgIpc) is 2.48. The normalized spacial score (nSPS) is 17.8. The molecular weight excluding hydrogens is 324 g/mol. The van der Waals surface area contributed by atoms with E-state index in [1.54, 1.807) is 0 Å². The van der Waals surface area contributed by atoms with Crippen molar-refractivity contribution in [1.29, 1.82) is 0 Å². The summed E-state index contributed by atoms with van der Waals surface area (Å²) >= 11 is 4.50. The van der Waals surface area contributed by atoms with Crippen molar-refractivity contribution in [2.45, 2.75) is 71.7 Å². The highest BCUT2D eigenvalue weighted by molar-refractivity contribution is 7.81. The lowest BCUT2D eigenvalue weighted by atomic mass is 9.80. The fourth-order valence-electron chi connectivity index (χ4n) is 3.80. The highest BCUT2D eigenvalue weighted by atomic mass is 32.1. The first-order valence-electron chi connectivity index (χ1n) is 9.88. The molecule has 1 aliphatic rings. The van der Waals surface area contributed by atoms with Crippen LogP contribution in [0.25, 0.3) is 0 Å². The van der Waals surface area contributed by atoms with Gasteiger partial charge >= 0.3 is 0 Å². The zero-order chi connectivity index (χ0) is 18.5. The van der Waals surface area contributed by atoms with Crippen molar-refractivity contribution in [1.82, 2.24) is 10.2 Å². The van der Waals surface area contributed by atoms with Crippen LogP contribution in [0.1, 0.15) is 65.0 Å². The summed E-state index contributed by atoms with van der Waals surface area (Å²) in [6.07, 6.45) is 5.15. The van der Waals surface area contributed by atoms with E-state index in [0.717, 1.165) is 25.4 Å². The maximum Gasteiger partial charge on any atom is 0.0558 e. The minimum absolute atomic E-state index is 0.0982. The number of likely N-dealkylation sites (tertiary alicyclic amines) is 1. The standard InChI is InChI=1S/C22H38N2S/c1-21(2,3)16-19-11-14-24(15-12-19)17-20-8-6-18(7-9-20)10-13-23-22(4,5)25/h6-9,19,23,25H,10-17H2,1-5H3. The zero-order valence-electron chi connectivity index (χ0n) is 16.9. The molecular formula is C22H38N2S. The molecule has 3 heteroatoms. The Balaban J connectivity index is 1.73. The Hall–Kier alpha value is -0.510. The summed E-state index contributed by atoms with van der Waals surface area (Å²) in [5.41, 5.74) is 3.32. The van der Waals surface area contributed by atoms with E-state index in [4.69, 9.17) is 0 Å². The SMILES string of the molecule is CC(C)(C)CC1CCN(Cc2ccc(CCNC(C)(C)S)cc2)CC1. The summed E-state index contributed by atoms with van der Waals surface area (Å²) in [5.74, 6) is 0.919. The number of piperidine rings is 1. The predicted molar refractivity (Wildman–Crippen MR) is 113 cm³/mol. The lowest BCUT2D eigenvalue weighted by Crippen LogP contribution is -2.35. The number of hydrogen-bond acceptors (Lipinski definition) is 3. The van der Waals surface area contributed by atoms with Gasteiger partial charge in [0, 0.05) is 13.1 Å². The molecule has 1 saturated heterocycles. The van der Waals surface area contributed by atoms with Gasteiger partial charge in [0.2, 0.25) is 0 Å². The van der Waals surface area contributed by atoms with E-state index < -0.39 is 0 Å². The molecule has 0 spiro atoms. The Bertz CT molecular complexity index is 502. The molecule has 2 nitrogen and oxygen atoms in total. The van der Waals surface area contributed by atoms with Gasteiger partial charge in [-0.3, -0.25) is 4.90 Å². The summed E-state index contributed by atoms with van der Waals surface area (Å²) in [6.45, 7) is 15.9. The van der Waals surface area contributed by atoms with Crippen LogP contribution in [0.2, 0.25) is 0 Å². The smallest absolute Gasteiger partial charge is 0.0558 e. The summed E-state index contributed by atoms with van der Waals surface area (Å²) in [6, 6.07) is 9.19. The Kier molecular flexibility index (Phi) is 7.42. The molecule has 1 N–H and O–H groups in total. The molecule has 1 aromatic carbocycles. The summed E-state index contributed by atoms with van der Waals surface area (Å²) < 4.78 is 0. The predicted octanol–water partition coefficient (Wildman–Crippen LogP) is 5.13. The molecule has 1 aliphatic heterocycles. The second kappa shape index (κ2) is 8.92. The van der Waals surface area contributed by atoms with Crippen molar-refractivity contribution < 1.29 is 0 Å². The van der Waals surface area contributed by atoms with Gasteiger partial charge in [0.05, 0.1) is 4.87 Å². The molecule has 1 heterocycles. The monoisotopic (exact) mass is 362 g/mol. The molecule has 0 saturated carbocycles. The molecule has 0 bridgehead atoms. The molecule has 1 aromatic rings. The van der Waals surface area contributed by atoms with Crippen molar-refractivity contribution in [2.24, 2.45) is 11.3 Å². The van der Waals surface area contributed by atoms with Gasteiger partial charge in [-0.1, -0.05) is 45.0 Å². The highest BCUT2D eigenvalue weighted by Gasteiger charge is 2.23. The second-order valence-electron chi connectivity index (χ2n) is 9.54. The van der Waals surface area contributed by atoms with Crippen LogP contribution in [-0.2, 0) is 13.0 Å². The van der Waals surface area contributed by atoms with Gasteiger partial charge in [-0.15, -0.1) is 0 Å². The molecule has 0 aliphatic carbocycles. The van der Waals surface area contributed by atoms with Gasteiger partial charge in [0.1, 0.15) is 0 Å². The summed E-state index contributed by atoms with van der Waals surface area (Å²) in [4.78, 5) is 2.53. The number of nitrogens with one attached hydrogen (secondary N) is 1. The van der Waals surface area contributed by atoms with E-state index >= 15 is 0 Å². The lowest BCUT2D eigenvalue weighted by molar-refractivity contribution is 0.147. The van der Waals surface area contributed by atoms with Crippen molar-refractivity contribution in [2.75, 3.05) is 19.6 Å². The number of hydrogen-bond donors (Lipinski definition) is 2. The fourth-order valence-corrected chi connectivity index (χ4v) is 3.91. The fraction of sp³-hybridized carbons (Fsp3) is 0.727. The third-order valence-corrected chi connectivity index (χ3v) is 5.17. The first-order chi connectivity index (χ1) is 11.6. The van der Waals surface area contributed by atoms with Gasteiger partial charge in [-0.25, -0.2) is 0 Å². The first-order valence-corrected chi connectivity index (χ1v) is 10.3. The van der Waals surface area contributed by atoms with Gasteiger partial charge in [-0.2, -0.15) is 12.6 Å². The molecule has 0 radical (unpaired) electrons. The van der Waals surface area contributed by atoms with Crippen LogP contribution >= 0.6 is 12.6 Å². The van der Waals surface area contributed by atoms with E-state index in [9.17, 15) is 0 Å². The molecule has 142 valence electrons. The first kappa shape index (κ1) is 20.8. The van der Waals surface area contributed by atoms with Crippen LogP contribution < -0.4 is 5.32 Å². The Morgan fingerprint density at radius 3 is 2.08 bits per heavy atom. The highest BCUT2D eigenvalue weighted by Crippen LogP contribution is 2.31. The third-order valence-electron chi connectivity index (χ3n) is 5.01. The van der Waals surface area contributed by atoms with E-state index in [2.05, 4.69) is 81.7 Å². The molecule has 0 unspecified atom stereocenters. The number of thiol groups is 1. The maximum absolute atomic E-state index is 4.50. The Labute approximate surface area is 161 Å². The largest absolute Gasteiger partial charge is 0.303 e. The van der Waals surface area contributed by atoms with E-state index in [1.807, 2.05) is 0 Å². The number of benzene rings is 1. The number of nitrogens with zero attached hydrogens (tertiary/aromatic N) is 1. The molecule has 25 heavy (non-hydrogen) atoms. The van der Waals surface area contributed by atoms with Crippen LogP contribution in [0.3, 0.4) is 0 Å². The zero-order valence-corrected chi connectivity index (χ0v) is 17.8. The van der Waals surface area contributed by atoms with E-state index in [0.29, 0.717) is 5.41 Å². The number of rotatable bonds is 7. The molecule has 0 amide bonds. The quantitative estimate of drug-likeness (QED) is 0.516. The minimum atomic E-state index is -0.0982. The van der Waals surface area contributed by atoms with Gasteiger partial charge in [0.15, 0.2) is 0 Å². The Morgan fingerprint density at radius 1 is 1.00 bits per heavy atom. The van der Waals surface area contributed by atoms with Crippen molar-refractivity contribution in [3.8, 4) is 0 Å². The van der Waals surface area contributed by atoms with Crippen molar-refractivity contribution in [3.05, 3.63) is 35.4 Å². The molecule has 0 aromatic heterocycles. The van der Waals surface area contributed by atoms with Crippen molar-refractivity contribution in [3.63, 3.8) is 0 Å². The van der Waals surface area contributed by atoms with E-state index in [1.165, 1.54) is 43.5 Å². The lowest BCUT2D eigenvalue weighted by Gasteiger charge is -2.35. The second-order valence-corrected chi connectivity index (χ2v) is 10.7. The van der Waals surface area contributed by atoms with Crippen LogP contribution in [0.5, 0.6) is 0 Å². The van der Waals surface area contributed by atoms with Gasteiger partial charge in [-0.05, 0) is 75.1 Å². The molecule has 1 fully saturated rings. The topological polar surface area (TPSA) is 15.3 Å². The van der Waals surface area contributed by atoms with Crippen LogP contribution in [-0.4, -0.2) is 29.4 Å². The van der Waals surface area contributed by atoms with Crippen molar-refractivity contribution >= 4 is 12.6 Å². The van der Waals surface area contributed by atoms with Gasteiger partial charge in [0.25, 0.3) is 0 Å². The van der Waals surface area contributed by atoms with Crippen LogP contribution in [0, 0.1) is 11.3 Å². The average molecular weight is 363 g/mol. The summed E-state index contributed by atoms with van der Waals surface area (Å²) in [7, 11) is 0. The molecule has 2 rings (SSSR count). The maximum atomic E-state index is 4.50.